The van der Waals surface area contributed by atoms with E-state index in [1.165, 1.54) is 37.0 Å². The smallest absolute Gasteiger partial charge is 0.302 e. The van der Waals surface area contributed by atoms with Crippen LogP contribution in [0.3, 0.4) is 0 Å². The Kier molecular flexibility index (Phi) is 8.71. The number of benzene rings is 2. The molecule has 3 aromatic heterocycles. The van der Waals surface area contributed by atoms with Crippen molar-refractivity contribution in [2.24, 2.45) is 0 Å². The van der Waals surface area contributed by atoms with Gasteiger partial charge in [0.25, 0.3) is 11.5 Å². The van der Waals surface area contributed by atoms with Crippen LogP contribution in [0, 0.1) is 0 Å². The molecule has 0 saturated heterocycles. The molecule has 0 fully saturated rings. The largest absolute Gasteiger partial charge is 0.493 e. The van der Waals surface area contributed by atoms with Crippen LogP contribution in [0.1, 0.15) is 22.8 Å². The number of pyridine rings is 2. The first kappa shape index (κ1) is 28.9. The van der Waals surface area contributed by atoms with Crippen molar-refractivity contribution in [1.82, 2.24) is 25.1 Å². The molecule has 2 aromatic carbocycles. The van der Waals surface area contributed by atoms with Crippen LogP contribution in [0.25, 0.3) is 27.8 Å². The third-order valence-corrected chi connectivity index (χ3v) is 6.72. The maximum atomic E-state index is 13.5. The maximum absolute atomic E-state index is 13.5. The number of rotatable bonds is 10. The molecule has 5 aromatic rings. The Morgan fingerprint density at radius 3 is 2.44 bits per heavy atom. The van der Waals surface area contributed by atoms with E-state index >= 15 is 0 Å². The van der Waals surface area contributed by atoms with Gasteiger partial charge in [-0.05, 0) is 54.4 Å². The van der Waals surface area contributed by atoms with Crippen LogP contribution in [-0.2, 0) is 16.0 Å². The molecule has 1 amide bonds. The summed E-state index contributed by atoms with van der Waals surface area (Å²) >= 11 is 0. The van der Waals surface area contributed by atoms with Gasteiger partial charge >= 0.3 is 5.97 Å². The SMILES string of the molecule is COc1ccc(CC(COC(C)=O)NC(=O)c2ccnc(-n3nc(-c4cccnc4)c4ccccc4c3=O)c2)cc1OC. The lowest BCUT2D eigenvalue weighted by Gasteiger charge is -2.19. The van der Waals surface area contributed by atoms with Crippen molar-refractivity contribution in [2.75, 3.05) is 20.8 Å². The Hall–Kier alpha value is -5.58. The molecule has 0 aliphatic carbocycles. The summed E-state index contributed by atoms with van der Waals surface area (Å²) in [5.74, 6) is 0.368. The monoisotopic (exact) mass is 579 g/mol. The summed E-state index contributed by atoms with van der Waals surface area (Å²) in [5.41, 5.74) is 1.98. The van der Waals surface area contributed by atoms with Crippen LogP contribution < -0.4 is 20.3 Å². The summed E-state index contributed by atoms with van der Waals surface area (Å²) in [6.07, 6.45) is 5.11. The Labute approximate surface area is 247 Å². The highest BCUT2D eigenvalue weighted by Crippen LogP contribution is 2.28. The number of esters is 1. The number of carbonyl (C=O) groups is 2. The molecular weight excluding hydrogens is 550 g/mol. The number of nitrogens with zero attached hydrogens (tertiary/aromatic N) is 4. The second-order valence-corrected chi connectivity index (χ2v) is 9.62. The molecule has 11 nitrogen and oxygen atoms in total. The van der Waals surface area contributed by atoms with Crippen molar-refractivity contribution >= 4 is 22.6 Å². The van der Waals surface area contributed by atoms with Crippen LogP contribution in [0.4, 0.5) is 0 Å². The molecule has 43 heavy (non-hydrogen) atoms. The lowest BCUT2D eigenvalue weighted by Crippen LogP contribution is -2.40. The zero-order chi connectivity index (χ0) is 30.3. The molecule has 0 radical (unpaired) electrons. The third kappa shape index (κ3) is 6.51. The van der Waals surface area contributed by atoms with Crippen LogP contribution in [-0.4, -0.2) is 58.5 Å². The average Bonchev–Trinajstić information content (AvgIpc) is 3.04. The Morgan fingerprint density at radius 2 is 1.72 bits per heavy atom. The number of fused-ring (bicyclic) bond motifs is 1. The van der Waals surface area contributed by atoms with Crippen LogP contribution in [0.2, 0.25) is 0 Å². The van der Waals surface area contributed by atoms with Crippen molar-refractivity contribution in [3.8, 4) is 28.6 Å². The van der Waals surface area contributed by atoms with Gasteiger partial charge in [-0.25, -0.2) is 4.98 Å². The number of aromatic nitrogens is 4. The fourth-order valence-electron chi connectivity index (χ4n) is 4.67. The fraction of sp³-hybridized carbons (Fsp3) is 0.188. The number of hydrogen-bond acceptors (Lipinski definition) is 9. The average molecular weight is 580 g/mol. The first-order valence-electron chi connectivity index (χ1n) is 13.4. The predicted molar refractivity (Wildman–Crippen MR) is 160 cm³/mol. The summed E-state index contributed by atoms with van der Waals surface area (Å²) in [4.78, 5) is 47.1. The third-order valence-electron chi connectivity index (χ3n) is 6.72. The zero-order valence-corrected chi connectivity index (χ0v) is 23.8. The molecule has 5 rings (SSSR count). The van der Waals surface area contributed by atoms with Gasteiger partial charge < -0.3 is 19.5 Å². The fourth-order valence-corrected chi connectivity index (χ4v) is 4.67. The minimum absolute atomic E-state index is 0.0481. The number of amides is 1. The lowest BCUT2D eigenvalue weighted by molar-refractivity contribution is -0.141. The summed E-state index contributed by atoms with van der Waals surface area (Å²) in [6.45, 7) is 1.26. The quantitative estimate of drug-likeness (QED) is 0.245. The van der Waals surface area contributed by atoms with Gasteiger partial charge in [-0.3, -0.25) is 19.4 Å². The molecule has 3 heterocycles. The minimum Gasteiger partial charge on any atom is -0.493 e. The van der Waals surface area contributed by atoms with Gasteiger partial charge in [-0.2, -0.15) is 9.78 Å². The first-order chi connectivity index (χ1) is 20.9. The van der Waals surface area contributed by atoms with Gasteiger partial charge in [-0.15, -0.1) is 0 Å². The van der Waals surface area contributed by atoms with Crippen LogP contribution >= 0.6 is 0 Å². The normalized spacial score (nSPS) is 11.5. The highest BCUT2D eigenvalue weighted by Gasteiger charge is 2.19. The summed E-state index contributed by atoms with van der Waals surface area (Å²) in [7, 11) is 3.08. The molecule has 0 aliphatic heterocycles. The van der Waals surface area contributed by atoms with E-state index in [4.69, 9.17) is 14.2 Å². The topological polar surface area (TPSA) is 135 Å². The zero-order valence-electron chi connectivity index (χ0n) is 23.8. The van der Waals surface area contributed by atoms with Gasteiger partial charge in [0.05, 0.1) is 25.6 Å². The first-order valence-corrected chi connectivity index (χ1v) is 13.4. The summed E-state index contributed by atoms with van der Waals surface area (Å²) in [6, 6.07) is 18.7. The molecule has 11 heteroatoms. The van der Waals surface area contributed by atoms with Crippen molar-refractivity contribution in [3.63, 3.8) is 0 Å². The molecule has 0 saturated carbocycles. The number of methoxy groups -OCH3 is 2. The second-order valence-electron chi connectivity index (χ2n) is 9.62. The van der Waals surface area contributed by atoms with Gasteiger partial charge in [-0.1, -0.05) is 24.3 Å². The van der Waals surface area contributed by atoms with E-state index in [1.807, 2.05) is 24.3 Å². The molecule has 218 valence electrons. The van der Waals surface area contributed by atoms with E-state index in [-0.39, 0.29) is 23.5 Å². The highest BCUT2D eigenvalue weighted by atomic mass is 16.5. The Morgan fingerprint density at radius 1 is 0.930 bits per heavy atom. The van der Waals surface area contributed by atoms with Crippen molar-refractivity contribution < 1.29 is 23.8 Å². The standard InChI is InChI=1S/C32H29N5O6/c1-20(38)43-19-24(15-21-10-11-27(41-2)28(16-21)42-3)35-31(39)22-12-14-34-29(17-22)37-32(40)26-9-5-4-8-25(26)30(36-37)23-7-6-13-33-18-23/h4-14,16-18,24H,15,19H2,1-3H3,(H,35,39). The van der Waals surface area contributed by atoms with E-state index in [0.717, 1.165) is 11.1 Å². The molecule has 1 atom stereocenters. The van der Waals surface area contributed by atoms with Gasteiger partial charge in [0.2, 0.25) is 0 Å². The van der Waals surface area contributed by atoms with E-state index in [0.29, 0.717) is 34.4 Å². The van der Waals surface area contributed by atoms with Crippen molar-refractivity contribution in [1.29, 1.82) is 0 Å². The van der Waals surface area contributed by atoms with Crippen molar-refractivity contribution in [3.05, 3.63) is 107 Å². The summed E-state index contributed by atoms with van der Waals surface area (Å²) < 4.78 is 17.1. The molecule has 1 unspecified atom stereocenters. The van der Waals surface area contributed by atoms with Gasteiger partial charge in [0.15, 0.2) is 17.3 Å². The van der Waals surface area contributed by atoms with E-state index in [9.17, 15) is 14.4 Å². The number of nitrogens with one attached hydrogen (secondary N) is 1. The van der Waals surface area contributed by atoms with E-state index in [2.05, 4.69) is 20.4 Å². The molecule has 0 bridgehead atoms. The lowest BCUT2D eigenvalue weighted by atomic mass is 10.0. The predicted octanol–water partition coefficient (Wildman–Crippen LogP) is 3.76. The van der Waals surface area contributed by atoms with Gasteiger partial charge in [0, 0.05) is 42.0 Å². The molecule has 1 N–H and O–H groups in total. The number of carbonyl (C=O) groups excluding carboxylic acids is 2. The Bertz CT molecular complexity index is 1840. The highest BCUT2D eigenvalue weighted by molar-refractivity contribution is 5.95. The molecular formula is C32H29N5O6. The molecule has 0 spiro atoms. The minimum atomic E-state index is -0.565. The molecule has 0 aliphatic rings. The van der Waals surface area contributed by atoms with E-state index < -0.39 is 17.9 Å². The van der Waals surface area contributed by atoms with Crippen molar-refractivity contribution in [2.45, 2.75) is 19.4 Å². The Balaban J connectivity index is 1.46. The van der Waals surface area contributed by atoms with Gasteiger partial charge in [0.1, 0.15) is 12.3 Å². The second kappa shape index (κ2) is 12.9. The van der Waals surface area contributed by atoms with Crippen LogP contribution in [0.5, 0.6) is 11.5 Å². The van der Waals surface area contributed by atoms with E-state index in [1.54, 1.807) is 49.8 Å². The number of ether oxygens (including phenoxy) is 3. The number of hydrogen-bond donors (Lipinski definition) is 1. The maximum Gasteiger partial charge on any atom is 0.302 e. The van der Waals surface area contributed by atoms with Crippen LogP contribution in [0.15, 0.2) is 90.1 Å². The summed E-state index contributed by atoms with van der Waals surface area (Å²) in [5, 5.41) is 8.68.